The van der Waals surface area contributed by atoms with Crippen molar-refractivity contribution in [1.29, 1.82) is 0 Å². The molecule has 0 saturated heterocycles. The number of hydrazone groups is 1. The minimum atomic E-state index is -0.322. The van der Waals surface area contributed by atoms with Gasteiger partial charge in [-0.25, -0.2) is 10.2 Å². The average Bonchev–Trinajstić information content (AvgIpc) is 2.80. The Bertz CT molecular complexity index is 1130. The van der Waals surface area contributed by atoms with E-state index in [1.807, 2.05) is 85.8 Å². The summed E-state index contributed by atoms with van der Waals surface area (Å²) < 4.78 is 5.84. The Morgan fingerprint density at radius 3 is 2.19 bits per heavy atom. The topological polar surface area (TPSA) is 83.0 Å². The van der Waals surface area contributed by atoms with Gasteiger partial charge in [-0.3, -0.25) is 9.69 Å². The monoisotopic (exact) mass is 428 g/mol. The standard InChI is InChI=1S/C25H24N4O3/c1-17-24(27-28-25(31)26-17)20-8-10-21(11-9-20)29(18(2)30)22-12-14-23(15-13-22)32-16-19-6-4-3-5-7-19/h3-15,17H,16H2,1-2H3,(H2,26,28,31). The van der Waals surface area contributed by atoms with Gasteiger partial charge in [0.2, 0.25) is 5.91 Å². The first-order chi connectivity index (χ1) is 15.5. The summed E-state index contributed by atoms with van der Waals surface area (Å²) in [5.41, 5.74) is 6.59. The number of carbonyl (C=O) groups excluding carboxylic acids is 2. The fraction of sp³-hybridized carbons (Fsp3) is 0.160. The van der Waals surface area contributed by atoms with Gasteiger partial charge in [0, 0.05) is 23.9 Å². The van der Waals surface area contributed by atoms with Crippen molar-refractivity contribution >= 4 is 29.0 Å². The maximum Gasteiger partial charge on any atom is 0.335 e. The van der Waals surface area contributed by atoms with Gasteiger partial charge >= 0.3 is 6.03 Å². The van der Waals surface area contributed by atoms with Crippen molar-refractivity contribution in [3.05, 3.63) is 90.0 Å². The number of rotatable bonds is 6. The van der Waals surface area contributed by atoms with Crippen LogP contribution in [0.2, 0.25) is 0 Å². The molecule has 1 aliphatic rings. The second kappa shape index (κ2) is 9.34. The molecule has 0 saturated carbocycles. The molecule has 0 aromatic heterocycles. The van der Waals surface area contributed by atoms with Crippen LogP contribution >= 0.6 is 0 Å². The first kappa shape index (κ1) is 21.1. The summed E-state index contributed by atoms with van der Waals surface area (Å²) >= 11 is 0. The number of ether oxygens (including phenoxy) is 1. The predicted octanol–water partition coefficient (Wildman–Crippen LogP) is 4.36. The molecule has 4 rings (SSSR count). The minimum Gasteiger partial charge on any atom is -0.489 e. The molecular weight excluding hydrogens is 404 g/mol. The lowest BCUT2D eigenvalue weighted by atomic mass is 10.0. The lowest BCUT2D eigenvalue weighted by Crippen LogP contribution is -2.48. The van der Waals surface area contributed by atoms with Crippen molar-refractivity contribution in [2.45, 2.75) is 26.5 Å². The second-order valence-corrected chi connectivity index (χ2v) is 7.47. The summed E-state index contributed by atoms with van der Waals surface area (Å²) in [5, 5.41) is 6.92. The predicted molar refractivity (Wildman–Crippen MR) is 124 cm³/mol. The third-order valence-corrected chi connectivity index (χ3v) is 5.12. The molecule has 3 amide bonds. The first-order valence-corrected chi connectivity index (χ1v) is 10.3. The molecule has 7 nitrogen and oxygen atoms in total. The Balaban J connectivity index is 1.50. The van der Waals surface area contributed by atoms with Crippen LogP contribution < -0.4 is 20.4 Å². The summed E-state index contributed by atoms with van der Waals surface area (Å²) in [6, 6.07) is 24.4. The van der Waals surface area contributed by atoms with Gasteiger partial charge in [-0.15, -0.1) is 0 Å². The first-order valence-electron chi connectivity index (χ1n) is 10.3. The number of hydrogen-bond donors (Lipinski definition) is 2. The Hall–Kier alpha value is -4.13. The molecule has 0 spiro atoms. The molecule has 3 aromatic carbocycles. The van der Waals surface area contributed by atoms with E-state index in [4.69, 9.17) is 4.74 Å². The summed E-state index contributed by atoms with van der Waals surface area (Å²) in [6.07, 6.45) is 0. The van der Waals surface area contributed by atoms with Crippen LogP contribution in [-0.2, 0) is 11.4 Å². The molecule has 3 aromatic rings. The Morgan fingerprint density at radius 2 is 1.59 bits per heavy atom. The van der Waals surface area contributed by atoms with E-state index in [0.29, 0.717) is 6.61 Å². The fourth-order valence-electron chi connectivity index (χ4n) is 3.55. The van der Waals surface area contributed by atoms with Crippen molar-refractivity contribution < 1.29 is 14.3 Å². The highest BCUT2D eigenvalue weighted by Crippen LogP contribution is 2.28. The van der Waals surface area contributed by atoms with Crippen LogP contribution in [-0.4, -0.2) is 23.7 Å². The molecule has 2 N–H and O–H groups in total. The van der Waals surface area contributed by atoms with Crippen molar-refractivity contribution in [2.75, 3.05) is 4.90 Å². The minimum absolute atomic E-state index is 0.104. The highest BCUT2D eigenvalue weighted by Gasteiger charge is 2.21. The Labute approximate surface area is 186 Å². The van der Waals surface area contributed by atoms with Crippen molar-refractivity contribution in [2.24, 2.45) is 5.10 Å². The van der Waals surface area contributed by atoms with Crippen LogP contribution in [0.4, 0.5) is 16.2 Å². The fourth-order valence-corrected chi connectivity index (χ4v) is 3.55. The van der Waals surface area contributed by atoms with E-state index in [-0.39, 0.29) is 18.0 Å². The Morgan fingerprint density at radius 1 is 0.969 bits per heavy atom. The zero-order chi connectivity index (χ0) is 22.5. The van der Waals surface area contributed by atoms with E-state index in [0.717, 1.165) is 34.0 Å². The van der Waals surface area contributed by atoms with Crippen LogP contribution in [0.5, 0.6) is 5.75 Å². The number of anilines is 2. The molecule has 0 aliphatic carbocycles. The number of urea groups is 1. The average molecular weight is 428 g/mol. The highest BCUT2D eigenvalue weighted by atomic mass is 16.5. The number of nitrogens with one attached hydrogen (secondary N) is 2. The molecule has 1 unspecified atom stereocenters. The number of carbonyl (C=O) groups is 2. The van der Waals surface area contributed by atoms with E-state index in [1.165, 1.54) is 6.92 Å². The summed E-state index contributed by atoms with van der Waals surface area (Å²) in [6.45, 7) is 3.88. The smallest absolute Gasteiger partial charge is 0.335 e. The largest absolute Gasteiger partial charge is 0.489 e. The van der Waals surface area contributed by atoms with Gasteiger partial charge in [0.25, 0.3) is 0 Å². The van der Waals surface area contributed by atoms with Gasteiger partial charge in [0.05, 0.1) is 11.8 Å². The molecule has 0 bridgehead atoms. The zero-order valence-corrected chi connectivity index (χ0v) is 17.9. The normalized spacial score (nSPS) is 15.2. The molecule has 0 fully saturated rings. The second-order valence-electron chi connectivity index (χ2n) is 7.47. The van der Waals surface area contributed by atoms with Crippen LogP contribution in [0, 0.1) is 0 Å². The highest BCUT2D eigenvalue weighted by molar-refractivity contribution is 6.08. The van der Waals surface area contributed by atoms with Gasteiger partial charge < -0.3 is 10.1 Å². The lowest BCUT2D eigenvalue weighted by molar-refractivity contribution is -0.115. The van der Waals surface area contributed by atoms with E-state index < -0.39 is 0 Å². The van der Waals surface area contributed by atoms with Crippen LogP contribution in [0.15, 0.2) is 84.0 Å². The molecule has 32 heavy (non-hydrogen) atoms. The third-order valence-electron chi connectivity index (χ3n) is 5.12. The summed E-state index contributed by atoms with van der Waals surface area (Å²) in [7, 11) is 0. The van der Waals surface area contributed by atoms with Crippen LogP contribution in [0.25, 0.3) is 0 Å². The van der Waals surface area contributed by atoms with Crippen molar-refractivity contribution in [3.8, 4) is 5.75 Å². The third kappa shape index (κ3) is 4.78. The van der Waals surface area contributed by atoms with Crippen molar-refractivity contribution in [3.63, 3.8) is 0 Å². The number of hydrogen-bond acceptors (Lipinski definition) is 4. The number of benzene rings is 3. The van der Waals surface area contributed by atoms with E-state index in [2.05, 4.69) is 15.8 Å². The van der Waals surface area contributed by atoms with E-state index in [9.17, 15) is 9.59 Å². The summed E-state index contributed by atoms with van der Waals surface area (Å²) in [4.78, 5) is 25.4. The van der Waals surface area contributed by atoms with Gasteiger partial charge in [-0.05, 0) is 48.9 Å². The molecule has 1 heterocycles. The SMILES string of the molecule is CC(=O)N(c1ccc(OCc2ccccc2)cc1)c1ccc(C2=NNC(=O)NC2C)cc1. The van der Waals surface area contributed by atoms with Crippen LogP contribution in [0.1, 0.15) is 25.0 Å². The number of nitrogens with zero attached hydrogens (tertiary/aromatic N) is 2. The van der Waals surface area contributed by atoms with Gasteiger partial charge in [-0.1, -0.05) is 42.5 Å². The maximum absolute atomic E-state index is 12.4. The van der Waals surface area contributed by atoms with Crippen molar-refractivity contribution in [1.82, 2.24) is 10.7 Å². The molecule has 162 valence electrons. The van der Waals surface area contributed by atoms with E-state index in [1.54, 1.807) is 4.90 Å². The lowest BCUT2D eigenvalue weighted by Gasteiger charge is -2.24. The van der Waals surface area contributed by atoms with Crippen LogP contribution in [0.3, 0.4) is 0 Å². The molecule has 1 atom stereocenters. The zero-order valence-electron chi connectivity index (χ0n) is 17.9. The molecular formula is C25H24N4O3. The maximum atomic E-state index is 12.4. The molecule has 7 heteroatoms. The Kier molecular flexibility index (Phi) is 6.17. The van der Waals surface area contributed by atoms with Gasteiger partial charge in [0.1, 0.15) is 12.4 Å². The summed E-state index contributed by atoms with van der Waals surface area (Å²) in [5.74, 6) is 0.628. The molecule has 1 aliphatic heterocycles. The number of amides is 3. The molecule has 0 radical (unpaired) electrons. The quantitative estimate of drug-likeness (QED) is 0.612. The van der Waals surface area contributed by atoms with Gasteiger partial charge in [-0.2, -0.15) is 5.10 Å². The van der Waals surface area contributed by atoms with Gasteiger partial charge in [0.15, 0.2) is 0 Å². The van der Waals surface area contributed by atoms with E-state index >= 15 is 0 Å².